The van der Waals surface area contributed by atoms with Gasteiger partial charge < -0.3 is 19.7 Å². The molecule has 0 unspecified atom stereocenters. The Morgan fingerprint density at radius 2 is 1.76 bits per heavy atom. The highest BCUT2D eigenvalue weighted by molar-refractivity contribution is 5.98. The molecule has 0 spiro atoms. The predicted molar refractivity (Wildman–Crippen MR) is 155 cm³/mol. The van der Waals surface area contributed by atoms with Crippen molar-refractivity contribution in [1.82, 2.24) is 20.5 Å². The Kier molecular flexibility index (Phi) is 8.54. The first-order valence-electron chi connectivity index (χ1n) is 14.2. The zero-order chi connectivity index (χ0) is 29.9. The van der Waals surface area contributed by atoms with Gasteiger partial charge in [0, 0.05) is 47.8 Å². The van der Waals surface area contributed by atoms with Crippen LogP contribution in [-0.4, -0.2) is 60.6 Å². The van der Waals surface area contributed by atoms with Gasteiger partial charge in [0.25, 0.3) is 5.91 Å². The van der Waals surface area contributed by atoms with E-state index in [0.29, 0.717) is 55.2 Å². The maximum absolute atomic E-state index is 15.0. The number of carbonyl (C=O) groups is 3. The summed E-state index contributed by atoms with van der Waals surface area (Å²) in [5, 5.41) is 5.14. The molecule has 2 aliphatic heterocycles. The van der Waals surface area contributed by atoms with Crippen molar-refractivity contribution in [1.29, 1.82) is 0 Å². The summed E-state index contributed by atoms with van der Waals surface area (Å²) in [5.74, 6) is -1.60. The van der Waals surface area contributed by atoms with Crippen LogP contribution >= 0.6 is 0 Å². The number of halogens is 1. The number of fused-ring (bicyclic) bond motifs is 2. The van der Waals surface area contributed by atoms with Crippen molar-refractivity contribution in [2.24, 2.45) is 5.41 Å². The molecule has 1 fully saturated rings. The molecule has 0 saturated carbocycles. The van der Waals surface area contributed by atoms with E-state index in [1.54, 1.807) is 43.0 Å². The number of benzene rings is 2. The number of nitrogens with zero attached hydrogens (tertiary/aromatic N) is 2. The number of carbonyl (C=O) groups excluding carboxylic acids is 3. The van der Waals surface area contributed by atoms with Crippen LogP contribution in [0.3, 0.4) is 0 Å². The van der Waals surface area contributed by atoms with Crippen molar-refractivity contribution in [3.8, 4) is 22.9 Å². The normalized spacial score (nSPS) is 16.1. The lowest BCUT2D eigenvalue weighted by Crippen LogP contribution is -2.48. The minimum absolute atomic E-state index is 0.000576. The highest BCUT2D eigenvalue weighted by atomic mass is 19.1. The smallest absolute Gasteiger partial charge is 0.321 e. The van der Waals surface area contributed by atoms with E-state index in [9.17, 15) is 14.4 Å². The van der Waals surface area contributed by atoms with Crippen molar-refractivity contribution in [3.05, 3.63) is 77.1 Å². The summed E-state index contributed by atoms with van der Waals surface area (Å²) in [6.45, 7) is 8.07. The summed E-state index contributed by atoms with van der Waals surface area (Å²) in [4.78, 5) is 45.2. The molecule has 42 heavy (non-hydrogen) atoms. The molecule has 9 nitrogen and oxygen atoms in total. The average molecular weight is 575 g/mol. The number of para-hydroxylation sites is 1. The molecule has 5 rings (SSSR count). The molecular formula is C32H35FN4O5. The molecular weight excluding hydrogens is 539 g/mol. The topological polar surface area (TPSA) is 110 Å². The number of unbranched alkanes of at least 4 members (excludes halogenated alkanes) is 1. The lowest BCUT2D eigenvalue weighted by atomic mass is 9.69. The van der Waals surface area contributed by atoms with E-state index in [1.165, 1.54) is 6.07 Å². The maximum atomic E-state index is 15.0. The van der Waals surface area contributed by atoms with Crippen LogP contribution in [0.4, 0.5) is 9.18 Å². The van der Waals surface area contributed by atoms with Crippen LogP contribution in [0.2, 0.25) is 0 Å². The van der Waals surface area contributed by atoms with Gasteiger partial charge in [0.15, 0.2) is 11.6 Å². The van der Waals surface area contributed by atoms with Gasteiger partial charge in [-0.15, -0.1) is 0 Å². The summed E-state index contributed by atoms with van der Waals surface area (Å²) >= 11 is 0. The minimum Gasteiger partial charge on any atom is -0.435 e. The van der Waals surface area contributed by atoms with Crippen molar-refractivity contribution in [3.63, 3.8) is 0 Å². The first-order valence-corrected chi connectivity index (χ1v) is 14.2. The minimum atomic E-state index is -1.17. The molecule has 3 heterocycles. The molecule has 4 amide bonds. The van der Waals surface area contributed by atoms with Crippen molar-refractivity contribution >= 4 is 17.8 Å². The largest absolute Gasteiger partial charge is 0.435 e. The van der Waals surface area contributed by atoms with Crippen molar-refractivity contribution in [2.45, 2.75) is 39.5 Å². The number of pyridine rings is 1. The van der Waals surface area contributed by atoms with E-state index in [-0.39, 0.29) is 17.5 Å². The molecule has 2 aliphatic rings. The Balaban J connectivity index is 1.44. The van der Waals surface area contributed by atoms with E-state index in [2.05, 4.69) is 10.6 Å². The first-order chi connectivity index (χ1) is 20.2. The molecule has 1 atom stereocenters. The van der Waals surface area contributed by atoms with Gasteiger partial charge in [0.2, 0.25) is 11.8 Å². The molecule has 10 heteroatoms. The van der Waals surface area contributed by atoms with Gasteiger partial charge in [-0.05, 0) is 30.7 Å². The lowest BCUT2D eigenvalue weighted by Gasteiger charge is -2.37. The molecule has 0 aliphatic carbocycles. The van der Waals surface area contributed by atoms with Crippen LogP contribution in [0.5, 0.6) is 11.6 Å². The van der Waals surface area contributed by atoms with Crippen molar-refractivity contribution in [2.75, 3.05) is 32.8 Å². The number of ether oxygens (including phenoxy) is 2. The third-order valence-electron chi connectivity index (χ3n) is 7.78. The zero-order valence-electron chi connectivity index (χ0n) is 24.0. The molecule has 220 valence electrons. The van der Waals surface area contributed by atoms with Gasteiger partial charge in [-0.1, -0.05) is 57.5 Å². The maximum Gasteiger partial charge on any atom is 0.321 e. The quantitative estimate of drug-likeness (QED) is 0.373. The molecule has 1 saturated heterocycles. The van der Waals surface area contributed by atoms with Gasteiger partial charge in [-0.25, -0.2) is 14.2 Å². The Morgan fingerprint density at radius 3 is 2.48 bits per heavy atom. The summed E-state index contributed by atoms with van der Waals surface area (Å²) in [6.07, 6.45) is 1.71. The Morgan fingerprint density at radius 1 is 1.02 bits per heavy atom. The molecule has 0 radical (unpaired) electrons. The van der Waals surface area contributed by atoms with E-state index in [4.69, 9.17) is 14.5 Å². The number of amides is 4. The zero-order valence-corrected chi connectivity index (χ0v) is 24.0. The first kappa shape index (κ1) is 29.2. The molecule has 3 aromatic rings. The number of hydrogen-bond acceptors (Lipinski definition) is 6. The number of aromatic nitrogens is 1. The summed E-state index contributed by atoms with van der Waals surface area (Å²) in [5.41, 5.74) is 1.80. The number of hydrogen-bond donors (Lipinski definition) is 2. The number of urea groups is 1. The van der Waals surface area contributed by atoms with Gasteiger partial charge in [-0.2, -0.15) is 0 Å². The van der Waals surface area contributed by atoms with Gasteiger partial charge in [0.1, 0.15) is 0 Å². The van der Waals surface area contributed by atoms with E-state index in [0.717, 1.165) is 18.4 Å². The number of rotatable bonds is 7. The third-order valence-corrected chi connectivity index (χ3v) is 7.78. The summed E-state index contributed by atoms with van der Waals surface area (Å²) in [7, 11) is 0. The molecule has 2 N–H and O–H groups in total. The predicted octanol–water partition coefficient (Wildman–Crippen LogP) is 5.25. The number of morpholine rings is 1. The van der Waals surface area contributed by atoms with Crippen molar-refractivity contribution < 1.29 is 28.2 Å². The van der Waals surface area contributed by atoms with Crippen LogP contribution < -0.4 is 15.4 Å². The Hall–Kier alpha value is -4.31. The summed E-state index contributed by atoms with van der Waals surface area (Å²) < 4.78 is 26.4. The van der Waals surface area contributed by atoms with Crippen LogP contribution in [0.15, 0.2) is 54.6 Å². The molecule has 0 bridgehead atoms. The monoisotopic (exact) mass is 574 g/mol. The van der Waals surface area contributed by atoms with E-state index in [1.807, 2.05) is 31.2 Å². The Labute approximate surface area is 244 Å². The highest BCUT2D eigenvalue weighted by Crippen LogP contribution is 2.52. The average Bonchev–Trinajstić information content (AvgIpc) is 3.00. The second-order valence-corrected chi connectivity index (χ2v) is 11.1. The van der Waals surface area contributed by atoms with Gasteiger partial charge in [-0.3, -0.25) is 14.9 Å². The fourth-order valence-corrected chi connectivity index (χ4v) is 5.37. The molecule has 2 aromatic carbocycles. The lowest BCUT2D eigenvalue weighted by molar-refractivity contribution is -0.128. The third kappa shape index (κ3) is 5.85. The second kappa shape index (κ2) is 12.3. The fraction of sp³-hybridized carbons (Fsp3) is 0.375. The Bertz CT molecular complexity index is 1480. The summed E-state index contributed by atoms with van der Waals surface area (Å²) in [6, 6.07) is 14.8. The second-order valence-electron chi connectivity index (χ2n) is 11.1. The van der Waals surface area contributed by atoms with Crippen LogP contribution in [0.1, 0.15) is 61.0 Å². The standard InChI is InChI=1S/C32H35FN4O5/c1-4-5-15-34-31(40)36-30(39)32(2,3)26-22-7-6-8-24(33)27(22)42-28-23(26)13-14-25(35-28)20-9-11-21(12-10-20)29(38)37-16-18-41-19-17-37/h6-14,26H,4-5,15-19H2,1-3H3,(H2,34,36,39,40)/t26-/m0/s1. The van der Waals surface area contributed by atoms with Gasteiger partial charge in [0.05, 0.1) is 24.3 Å². The fourth-order valence-electron chi connectivity index (χ4n) is 5.37. The van der Waals surface area contributed by atoms with E-state index < -0.39 is 29.1 Å². The SMILES string of the molecule is CCCCNC(=O)NC(=O)C(C)(C)[C@@H]1c2ccc(-c3ccc(C(=O)N4CCOCC4)cc3)nc2Oc2c(F)cccc21. The van der Waals surface area contributed by atoms with Gasteiger partial charge >= 0.3 is 6.03 Å². The highest BCUT2D eigenvalue weighted by Gasteiger charge is 2.45. The van der Waals surface area contributed by atoms with Crippen LogP contribution in [0, 0.1) is 11.2 Å². The number of nitrogens with one attached hydrogen (secondary N) is 2. The van der Waals surface area contributed by atoms with Crippen LogP contribution in [-0.2, 0) is 9.53 Å². The van der Waals surface area contributed by atoms with Crippen LogP contribution in [0.25, 0.3) is 11.3 Å². The number of imide groups is 1. The molecule has 1 aromatic heterocycles. The van der Waals surface area contributed by atoms with E-state index >= 15 is 4.39 Å².